The number of nitrogens with zero attached hydrogens (tertiary/aromatic N) is 1. The highest BCUT2D eigenvalue weighted by molar-refractivity contribution is 5.59. The molecular weight excluding hydrogens is 387 g/mol. The first-order valence-corrected chi connectivity index (χ1v) is 11.4. The maximum atomic E-state index is 12.8. The average Bonchev–Trinajstić information content (AvgIpc) is 3.23. The van der Waals surface area contributed by atoms with Gasteiger partial charge in [-0.15, -0.1) is 0 Å². The van der Waals surface area contributed by atoms with E-state index in [0.29, 0.717) is 17.2 Å². The fraction of sp³-hybridized carbons (Fsp3) is 0.625. The third-order valence-corrected chi connectivity index (χ3v) is 6.39. The highest BCUT2D eigenvalue weighted by Crippen LogP contribution is 2.32. The zero-order chi connectivity index (χ0) is 21.4. The summed E-state index contributed by atoms with van der Waals surface area (Å²) < 4.78 is 38.3. The predicted octanol–water partition coefficient (Wildman–Crippen LogP) is 6.74. The van der Waals surface area contributed by atoms with Gasteiger partial charge in [0, 0.05) is 12.0 Å². The number of imidazole rings is 1. The molecule has 0 amide bonds. The molecule has 3 N–H and O–H groups in total. The van der Waals surface area contributed by atoms with Gasteiger partial charge in [0.15, 0.2) is 0 Å². The molecule has 1 heterocycles. The minimum absolute atomic E-state index is 0.525. The molecule has 0 atom stereocenters. The highest BCUT2D eigenvalue weighted by Gasteiger charge is 2.30. The zero-order valence-electron chi connectivity index (χ0n) is 17.7. The van der Waals surface area contributed by atoms with Crippen LogP contribution in [0, 0.1) is 11.8 Å². The predicted molar refractivity (Wildman–Crippen MR) is 115 cm³/mol. The number of nitrogens with two attached hydrogens (primary N) is 1. The summed E-state index contributed by atoms with van der Waals surface area (Å²) in [7, 11) is 0. The Labute approximate surface area is 177 Å². The van der Waals surface area contributed by atoms with E-state index >= 15 is 0 Å². The third-order valence-electron chi connectivity index (χ3n) is 6.39. The SMILES string of the molecule is FC(F)(F)c1cccc(-c2cnc(CC3CCCCC3)[nH]2)c1.NCC1CCCCC1. The number of alkyl halides is 3. The largest absolute Gasteiger partial charge is 0.416 e. The van der Waals surface area contributed by atoms with E-state index in [-0.39, 0.29) is 0 Å². The van der Waals surface area contributed by atoms with Crippen molar-refractivity contribution in [2.45, 2.75) is 76.8 Å². The molecular formula is C24H34F3N3. The molecule has 4 rings (SSSR count). The highest BCUT2D eigenvalue weighted by atomic mass is 19.4. The van der Waals surface area contributed by atoms with Crippen molar-refractivity contribution in [3.8, 4) is 11.3 Å². The van der Waals surface area contributed by atoms with Crippen molar-refractivity contribution in [3.63, 3.8) is 0 Å². The summed E-state index contributed by atoms with van der Waals surface area (Å²) in [6, 6.07) is 5.35. The lowest BCUT2D eigenvalue weighted by Crippen LogP contribution is -2.16. The minimum Gasteiger partial charge on any atom is -0.342 e. The van der Waals surface area contributed by atoms with Gasteiger partial charge >= 0.3 is 6.18 Å². The van der Waals surface area contributed by atoms with Crippen molar-refractivity contribution in [2.24, 2.45) is 17.6 Å². The fourth-order valence-corrected chi connectivity index (χ4v) is 4.56. The van der Waals surface area contributed by atoms with Gasteiger partial charge in [-0.25, -0.2) is 4.98 Å². The first kappa shape index (κ1) is 22.9. The first-order valence-electron chi connectivity index (χ1n) is 11.4. The van der Waals surface area contributed by atoms with Crippen molar-refractivity contribution >= 4 is 0 Å². The molecule has 0 radical (unpaired) electrons. The zero-order valence-corrected chi connectivity index (χ0v) is 17.7. The normalized spacial score (nSPS) is 18.7. The smallest absolute Gasteiger partial charge is 0.342 e. The van der Waals surface area contributed by atoms with Crippen LogP contribution in [0.3, 0.4) is 0 Å². The van der Waals surface area contributed by atoms with Crippen LogP contribution in [0.15, 0.2) is 30.5 Å². The number of halogens is 3. The number of aromatic nitrogens is 2. The first-order chi connectivity index (χ1) is 14.5. The van der Waals surface area contributed by atoms with Crippen molar-refractivity contribution in [1.29, 1.82) is 0 Å². The van der Waals surface area contributed by atoms with Gasteiger partial charge in [0.25, 0.3) is 0 Å². The van der Waals surface area contributed by atoms with E-state index in [0.717, 1.165) is 36.8 Å². The lowest BCUT2D eigenvalue weighted by Gasteiger charge is -2.20. The van der Waals surface area contributed by atoms with Crippen molar-refractivity contribution < 1.29 is 13.2 Å². The van der Waals surface area contributed by atoms with Crippen LogP contribution in [-0.2, 0) is 12.6 Å². The maximum Gasteiger partial charge on any atom is 0.416 e. The Morgan fingerprint density at radius 3 is 2.13 bits per heavy atom. The third kappa shape index (κ3) is 6.86. The molecule has 2 saturated carbocycles. The number of aromatic amines is 1. The van der Waals surface area contributed by atoms with Gasteiger partial charge in [-0.3, -0.25) is 0 Å². The molecule has 1 aromatic heterocycles. The molecule has 3 nitrogen and oxygen atoms in total. The quantitative estimate of drug-likeness (QED) is 0.574. The molecule has 2 aliphatic rings. The molecule has 2 fully saturated rings. The Bertz CT molecular complexity index is 757. The van der Waals surface area contributed by atoms with Crippen LogP contribution in [0.2, 0.25) is 0 Å². The molecule has 0 spiro atoms. The van der Waals surface area contributed by atoms with Crippen LogP contribution >= 0.6 is 0 Å². The molecule has 0 aliphatic heterocycles. The monoisotopic (exact) mass is 421 g/mol. The van der Waals surface area contributed by atoms with E-state index in [2.05, 4.69) is 9.97 Å². The Kier molecular flexibility index (Phi) is 8.37. The van der Waals surface area contributed by atoms with Crippen molar-refractivity contribution in [2.75, 3.05) is 6.54 Å². The van der Waals surface area contributed by atoms with Gasteiger partial charge in [-0.05, 0) is 43.4 Å². The molecule has 2 aromatic rings. The molecule has 6 heteroatoms. The van der Waals surface area contributed by atoms with E-state index in [1.54, 1.807) is 12.3 Å². The lowest BCUT2D eigenvalue weighted by atomic mass is 9.87. The van der Waals surface area contributed by atoms with Gasteiger partial charge in [0.1, 0.15) is 5.82 Å². The Morgan fingerprint density at radius 1 is 0.933 bits per heavy atom. The van der Waals surface area contributed by atoms with Crippen LogP contribution in [-0.4, -0.2) is 16.5 Å². The number of hydrogen-bond donors (Lipinski definition) is 2. The summed E-state index contributed by atoms with van der Waals surface area (Å²) in [5, 5.41) is 0. The molecule has 0 saturated heterocycles. The van der Waals surface area contributed by atoms with Gasteiger partial charge in [0.05, 0.1) is 17.5 Å². The molecule has 0 bridgehead atoms. The van der Waals surface area contributed by atoms with Gasteiger partial charge in [-0.1, -0.05) is 63.5 Å². The van der Waals surface area contributed by atoms with Crippen LogP contribution in [0.25, 0.3) is 11.3 Å². The van der Waals surface area contributed by atoms with E-state index in [1.807, 2.05) is 0 Å². The summed E-state index contributed by atoms with van der Waals surface area (Å²) in [5.41, 5.74) is 6.05. The van der Waals surface area contributed by atoms with Gasteiger partial charge in [0.2, 0.25) is 0 Å². The van der Waals surface area contributed by atoms with E-state index in [1.165, 1.54) is 70.3 Å². The molecule has 30 heavy (non-hydrogen) atoms. The second-order valence-corrected chi connectivity index (χ2v) is 8.77. The molecule has 0 unspecified atom stereocenters. The van der Waals surface area contributed by atoms with Crippen molar-refractivity contribution in [1.82, 2.24) is 9.97 Å². The van der Waals surface area contributed by atoms with Gasteiger partial charge < -0.3 is 10.7 Å². The molecule has 1 aromatic carbocycles. The Hall–Kier alpha value is -1.82. The summed E-state index contributed by atoms with van der Waals surface area (Å²) in [5.74, 6) is 2.39. The number of hydrogen-bond acceptors (Lipinski definition) is 2. The number of benzene rings is 1. The average molecular weight is 422 g/mol. The minimum atomic E-state index is -4.32. The van der Waals surface area contributed by atoms with E-state index in [9.17, 15) is 13.2 Å². The number of nitrogens with one attached hydrogen (secondary N) is 1. The Morgan fingerprint density at radius 2 is 1.57 bits per heavy atom. The summed E-state index contributed by atoms with van der Waals surface area (Å²) in [4.78, 5) is 7.52. The van der Waals surface area contributed by atoms with E-state index < -0.39 is 11.7 Å². The second kappa shape index (κ2) is 11.0. The molecule has 2 aliphatic carbocycles. The summed E-state index contributed by atoms with van der Waals surface area (Å²) in [6.45, 7) is 0.917. The summed E-state index contributed by atoms with van der Waals surface area (Å²) >= 11 is 0. The standard InChI is InChI=1S/C17H19F3N2.C7H15N/c18-17(19,20)14-8-4-7-13(10-14)15-11-21-16(22-15)9-12-5-2-1-3-6-12;8-6-7-4-2-1-3-5-7/h4,7-8,10-12H,1-3,5-6,9H2,(H,21,22);7H,1-6,8H2. The van der Waals surface area contributed by atoms with Gasteiger partial charge in [-0.2, -0.15) is 13.2 Å². The number of rotatable bonds is 4. The topological polar surface area (TPSA) is 54.7 Å². The second-order valence-electron chi connectivity index (χ2n) is 8.77. The van der Waals surface area contributed by atoms with E-state index in [4.69, 9.17) is 5.73 Å². The maximum absolute atomic E-state index is 12.8. The summed E-state index contributed by atoms with van der Waals surface area (Å²) in [6.07, 6.45) is 11.5. The number of H-pyrrole nitrogens is 1. The van der Waals surface area contributed by atoms with Crippen LogP contribution in [0.1, 0.15) is 75.6 Å². The fourth-order valence-electron chi connectivity index (χ4n) is 4.56. The van der Waals surface area contributed by atoms with Crippen LogP contribution in [0.5, 0.6) is 0 Å². The van der Waals surface area contributed by atoms with Crippen molar-refractivity contribution in [3.05, 3.63) is 41.9 Å². The molecule has 166 valence electrons. The van der Waals surface area contributed by atoms with Crippen LogP contribution in [0.4, 0.5) is 13.2 Å². The lowest BCUT2D eigenvalue weighted by molar-refractivity contribution is -0.137. The Balaban J connectivity index is 0.000000269. The van der Waals surface area contributed by atoms with Crippen LogP contribution < -0.4 is 5.73 Å².